The molecule has 10 heteroatoms. The number of rotatable bonds is 7. The van der Waals surface area contributed by atoms with E-state index >= 15 is 0 Å². The quantitative estimate of drug-likeness (QED) is 0.410. The van der Waals surface area contributed by atoms with Crippen molar-refractivity contribution in [3.63, 3.8) is 0 Å². The highest BCUT2D eigenvalue weighted by Crippen LogP contribution is 2.19. The zero-order chi connectivity index (χ0) is 22.6. The molecule has 0 saturated carbocycles. The predicted molar refractivity (Wildman–Crippen MR) is 108 cm³/mol. The van der Waals surface area contributed by atoms with Gasteiger partial charge in [0.25, 0.3) is 5.91 Å². The van der Waals surface area contributed by atoms with E-state index in [-0.39, 0.29) is 48.5 Å². The highest BCUT2D eigenvalue weighted by molar-refractivity contribution is 6.00. The lowest BCUT2D eigenvalue weighted by Gasteiger charge is -2.22. The van der Waals surface area contributed by atoms with Crippen LogP contribution in [0, 0.1) is 5.92 Å². The average Bonchev–Trinajstić information content (AvgIpc) is 3.09. The fourth-order valence-corrected chi connectivity index (χ4v) is 3.16. The van der Waals surface area contributed by atoms with Gasteiger partial charge in [-0.25, -0.2) is 0 Å². The number of carbonyl (C=O) groups excluding carboxylic acids is 5. The first-order valence-corrected chi connectivity index (χ1v) is 9.57. The van der Waals surface area contributed by atoms with Crippen molar-refractivity contribution in [3.05, 3.63) is 35.7 Å². The summed E-state index contributed by atoms with van der Waals surface area (Å²) in [6.45, 7) is 8.32. The summed E-state index contributed by atoms with van der Waals surface area (Å²) in [6.07, 6.45) is 3.17. The minimum Gasteiger partial charge on any atom is -0.368 e. The van der Waals surface area contributed by atoms with Crippen LogP contribution < -0.4 is 21.7 Å². The number of Topliss-reactive ketones (excluding diaryl/α,β-unsaturated/α-hetero) is 1. The maximum absolute atomic E-state index is 12.6. The molecule has 0 aromatic rings. The molecule has 2 aliphatic heterocycles. The Balaban J connectivity index is 2.02. The van der Waals surface area contributed by atoms with Gasteiger partial charge < -0.3 is 26.6 Å². The van der Waals surface area contributed by atoms with Gasteiger partial charge in [0.15, 0.2) is 5.78 Å². The van der Waals surface area contributed by atoms with Crippen LogP contribution in [-0.2, 0) is 24.0 Å². The van der Waals surface area contributed by atoms with Gasteiger partial charge in [0.2, 0.25) is 17.7 Å². The van der Waals surface area contributed by atoms with Crippen LogP contribution >= 0.6 is 0 Å². The molecule has 0 radical (unpaired) electrons. The Morgan fingerprint density at radius 3 is 2.43 bits per heavy atom. The van der Waals surface area contributed by atoms with Crippen LogP contribution in [0.25, 0.3) is 0 Å². The van der Waals surface area contributed by atoms with Gasteiger partial charge >= 0.3 is 0 Å². The first kappa shape index (κ1) is 22.9. The molecule has 2 atom stereocenters. The minimum absolute atomic E-state index is 0.0688. The van der Waals surface area contributed by atoms with E-state index in [4.69, 9.17) is 5.73 Å². The van der Waals surface area contributed by atoms with Crippen LogP contribution in [0.15, 0.2) is 35.7 Å². The number of nitrogens with one attached hydrogen (secondary N) is 3. The zero-order valence-electron chi connectivity index (χ0n) is 17.3. The van der Waals surface area contributed by atoms with Gasteiger partial charge in [-0.15, -0.1) is 0 Å². The van der Waals surface area contributed by atoms with E-state index in [9.17, 15) is 24.0 Å². The highest BCUT2D eigenvalue weighted by Gasteiger charge is 2.39. The van der Waals surface area contributed by atoms with E-state index < -0.39 is 29.8 Å². The van der Waals surface area contributed by atoms with Gasteiger partial charge in [-0.2, -0.15) is 0 Å². The summed E-state index contributed by atoms with van der Waals surface area (Å²) in [5.74, 6) is -2.47. The lowest BCUT2D eigenvalue weighted by molar-refractivity contribution is -0.138. The van der Waals surface area contributed by atoms with E-state index in [2.05, 4.69) is 22.5 Å². The van der Waals surface area contributed by atoms with Crippen molar-refractivity contribution in [2.24, 2.45) is 11.7 Å². The predicted octanol–water partition coefficient (Wildman–Crippen LogP) is -1.15. The molecule has 30 heavy (non-hydrogen) atoms. The van der Waals surface area contributed by atoms with E-state index in [1.165, 1.54) is 24.0 Å². The maximum atomic E-state index is 12.6. The molecule has 4 amide bonds. The molecule has 0 aromatic heterocycles. The fourth-order valence-electron chi connectivity index (χ4n) is 3.16. The molecule has 162 valence electrons. The number of hydrogen-bond donors (Lipinski definition) is 4. The summed E-state index contributed by atoms with van der Waals surface area (Å²) in [5.41, 5.74) is 6.29. The second kappa shape index (κ2) is 9.38. The molecular weight excluding hydrogens is 390 g/mol. The van der Waals surface area contributed by atoms with Crippen LogP contribution in [0.1, 0.15) is 27.2 Å². The molecule has 5 N–H and O–H groups in total. The summed E-state index contributed by atoms with van der Waals surface area (Å²) in [4.78, 5) is 61.4. The van der Waals surface area contributed by atoms with E-state index in [0.717, 1.165) is 0 Å². The SMILES string of the molecule is C=C1C=C(C(C)=O)NC(C(=O)NC2CC(C(N)=O)N(C(=O)CNC(=O)C(C)C)C2)=C1. The molecule has 10 nitrogen and oxygen atoms in total. The standard InChI is InChI=1S/C20H27N5O5/c1-10(2)19(29)22-8-17(27)25-9-13(7-16(25)18(21)28)23-20(30)15-6-11(3)5-14(24-15)12(4)26/h5-6,10,13,16,24H,3,7-9H2,1-2,4H3,(H2,21,28)(H,22,29)(H,23,30). The highest BCUT2D eigenvalue weighted by atomic mass is 16.2. The molecule has 2 unspecified atom stereocenters. The Bertz CT molecular complexity index is 858. The van der Waals surface area contributed by atoms with Crippen LogP contribution in [0.4, 0.5) is 0 Å². The van der Waals surface area contributed by atoms with Crippen molar-refractivity contribution in [2.45, 2.75) is 39.3 Å². The second-order valence-electron chi connectivity index (χ2n) is 7.61. The van der Waals surface area contributed by atoms with Crippen molar-refractivity contribution >= 4 is 29.4 Å². The second-order valence-corrected chi connectivity index (χ2v) is 7.61. The summed E-state index contributed by atoms with van der Waals surface area (Å²) >= 11 is 0. The van der Waals surface area contributed by atoms with Crippen LogP contribution in [0.2, 0.25) is 0 Å². The van der Waals surface area contributed by atoms with Crippen LogP contribution in [-0.4, -0.2) is 59.5 Å². The van der Waals surface area contributed by atoms with Crippen molar-refractivity contribution in [1.82, 2.24) is 20.9 Å². The Morgan fingerprint density at radius 2 is 1.87 bits per heavy atom. The third-order valence-corrected chi connectivity index (χ3v) is 4.78. The molecule has 1 saturated heterocycles. The van der Waals surface area contributed by atoms with E-state index in [1.807, 2.05) is 0 Å². The number of hydrogen-bond acceptors (Lipinski definition) is 6. The lowest BCUT2D eigenvalue weighted by atomic mass is 10.1. The van der Waals surface area contributed by atoms with Crippen LogP contribution in [0.5, 0.6) is 0 Å². The van der Waals surface area contributed by atoms with E-state index in [1.54, 1.807) is 13.8 Å². The molecule has 0 spiro atoms. The Kier molecular flexibility index (Phi) is 7.14. The first-order valence-electron chi connectivity index (χ1n) is 9.57. The first-order chi connectivity index (χ1) is 14.0. The Morgan fingerprint density at radius 1 is 1.23 bits per heavy atom. The number of nitrogens with two attached hydrogens (primary N) is 1. The third kappa shape index (κ3) is 5.56. The van der Waals surface area contributed by atoms with Crippen molar-refractivity contribution in [1.29, 1.82) is 0 Å². The van der Waals surface area contributed by atoms with Crippen LogP contribution in [0.3, 0.4) is 0 Å². The molecule has 2 rings (SSSR count). The smallest absolute Gasteiger partial charge is 0.268 e. The largest absolute Gasteiger partial charge is 0.368 e. The summed E-state index contributed by atoms with van der Waals surface area (Å²) in [6, 6.07) is -1.42. The van der Waals surface area contributed by atoms with Gasteiger partial charge in [0.05, 0.1) is 12.2 Å². The number of amides is 4. The topological polar surface area (TPSA) is 151 Å². The fraction of sp³-hybridized carbons (Fsp3) is 0.450. The zero-order valence-corrected chi connectivity index (χ0v) is 17.3. The van der Waals surface area contributed by atoms with Gasteiger partial charge in [0.1, 0.15) is 11.7 Å². The molecule has 1 fully saturated rings. The van der Waals surface area contributed by atoms with Crippen molar-refractivity contribution < 1.29 is 24.0 Å². The van der Waals surface area contributed by atoms with Gasteiger partial charge in [-0.3, -0.25) is 24.0 Å². The number of likely N-dealkylation sites (tertiary alicyclic amines) is 1. The molecule has 0 bridgehead atoms. The molecule has 2 aliphatic rings. The average molecular weight is 417 g/mol. The number of carbonyl (C=O) groups is 5. The summed E-state index contributed by atoms with van der Waals surface area (Å²) in [7, 11) is 0. The Labute approximate surface area is 174 Å². The number of primary amides is 1. The summed E-state index contributed by atoms with van der Waals surface area (Å²) in [5, 5.41) is 8.00. The number of dihydropyridines is 1. The monoisotopic (exact) mass is 417 g/mol. The van der Waals surface area contributed by atoms with Crippen molar-refractivity contribution in [2.75, 3.05) is 13.1 Å². The number of nitrogens with zero attached hydrogens (tertiary/aromatic N) is 1. The van der Waals surface area contributed by atoms with Gasteiger partial charge in [0, 0.05) is 25.4 Å². The van der Waals surface area contributed by atoms with Crippen molar-refractivity contribution in [3.8, 4) is 0 Å². The third-order valence-electron chi connectivity index (χ3n) is 4.78. The maximum Gasteiger partial charge on any atom is 0.268 e. The summed E-state index contributed by atoms with van der Waals surface area (Å²) < 4.78 is 0. The lowest BCUT2D eigenvalue weighted by Crippen LogP contribution is -2.48. The molecule has 2 heterocycles. The number of ketones is 1. The van der Waals surface area contributed by atoms with Gasteiger partial charge in [-0.05, 0) is 24.1 Å². The molecule has 0 aliphatic carbocycles. The normalized spacial score (nSPS) is 20.8. The Hall–Kier alpha value is -3.43. The van der Waals surface area contributed by atoms with Gasteiger partial charge in [-0.1, -0.05) is 20.4 Å². The minimum atomic E-state index is -0.894. The van der Waals surface area contributed by atoms with E-state index in [0.29, 0.717) is 5.57 Å². The number of allylic oxidation sites excluding steroid dienone is 4. The molecule has 0 aromatic carbocycles. The molecular formula is C20H27N5O5.